The lowest BCUT2D eigenvalue weighted by Crippen LogP contribution is -2.32. The number of hydrogen-bond donors (Lipinski definition) is 1. The number of amides is 1. The maximum atomic E-state index is 11.6. The topological polar surface area (TPSA) is 133 Å². The van der Waals surface area contributed by atoms with Crippen molar-refractivity contribution < 1.29 is 22.3 Å². The van der Waals surface area contributed by atoms with Crippen molar-refractivity contribution in [3.05, 3.63) is 33.9 Å². The molecule has 0 heterocycles. The van der Waals surface area contributed by atoms with Crippen LogP contribution in [-0.4, -0.2) is 50.5 Å². The predicted octanol–water partition coefficient (Wildman–Crippen LogP) is 0.871. The molecule has 0 aromatic heterocycles. The molecule has 0 unspecified atom stereocenters. The molecule has 23 heavy (non-hydrogen) atoms. The van der Waals surface area contributed by atoms with Gasteiger partial charge in [0.1, 0.15) is 0 Å². The van der Waals surface area contributed by atoms with Gasteiger partial charge in [-0.25, -0.2) is 0 Å². The van der Waals surface area contributed by atoms with Crippen LogP contribution in [-0.2, 0) is 14.3 Å². The summed E-state index contributed by atoms with van der Waals surface area (Å²) in [6.07, 6.45) is 0.933. The number of primary amides is 1. The third kappa shape index (κ3) is 6.12. The Balaban J connectivity index is 3.10. The highest BCUT2D eigenvalue weighted by atomic mass is 79.9. The van der Waals surface area contributed by atoms with Gasteiger partial charge in [-0.05, 0) is 6.07 Å². The van der Waals surface area contributed by atoms with Gasteiger partial charge in [-0.1, -0.05) is 15.9 Å². The number of nitro groups is 1. The monoisotopic (exact) mass is 409 g/mol. The number of anilines is 1. The lowest BCUT2D eigenvalue weighted by atomic mass is 10.1. The normalized spacial score (nSPS) is 11.2. The van der Waals surface area contributed by atoms with Gasteiger partial charge < -0.3 is 10.6 Å². The van der Waals surface area contributed by atoms with Gasteiger partial charge in [-0.15, -0.1) is 0 Å². The molecule has 0 fully saturated rings. The molecule has 0 aliphatic heterocycles. The molecule has 1 rings (SSSR count). The van der Waals surface area contributed by atoms with E-state index in [0.29, 0.717) is 17.6 Å². The highest BCUT2D eigenvalue weighted by Crippen LogP contribution is 2.25. The molecule has 0 saturated carbocycles. The molecule has 1 amide bonds. The molecule has 0 spiro atoms. The van der Waals surface area contributed by atoms with E-state index in [2.05, 4.69) is 20.1 Å². The SMILES string of the molecule is CS(=O)(=O)OCCN(CCBr)c1ccc([N+](=O)[O-])cc1C(N)=O. The molecule has 0 bridgehead atoms. The van der Waals surface area contributed by atoms with Crippen LogP contribution in [0.3, 0.4) is 0 Å². The first-order valence-electron chi connectivity index (χ1n) is 6.39. The van der Waals surface area contributed by atoms with Gasteiger partial charge in [-0.2, -0.15) is 8.42 Å². The van der Waals surface area contributed by atoms with E-state index in [0.717, 1.165) is 12.3 Å². The number of alkyl halides is 1. The summed E-state index contributed by atoms with van der Waals surface area (Å²) in [6.45, 7) is 0.461. The lowest BCUT2D eigenvalue weighted by molar-refractivity contribution is -0.384. The van der Waals surface area contributed by atoms with Gasteiger partial charge in [0, 0.05) is 30.6 Å². The lowest BCUT2D eigenvalue weighted by Gasteiger charge is -2.25. The van der Waals surface area contributed by atoms with Crippen LogP contribution in [0.25, 0.3) is 0 Å². The molecule has 0 aliphatic rings. The van der Waals surface area contributed by atoms with E-state index in [1.54, 1.807) is 4.90 Å². The summed E-state index contributed by atoms with van der Waals surface area (Å²) in [5.74, 6) is -0.813. The van der Waals surface area contributed by atoms with E-state index < -0.39 is 20.9 Å². The Hall–Kier alpha value is -1.72. The van der Waals surface area contributed by atoms with Crippen molar-refractivity contribution in [2.45, 2.75) is 0 Å². The first-order chi connectivity index (χ1) is 10.7. The molecule has 128 valence electrons. The third-order valence-corrected chi connectivity index (χ3v) is 3.76. The van der Waals surface area contributed by atoms with E-state index >= 15 is 0 Å². The number of nitrogens with zero attached hydrogens (tertiary/aromatic N) is 2. The minimum Gasteiger partial charge on any atom is -0.368 e. The van der Waals surface area contributed by atoms with Crippen LogP contribution in [0.1, 0.15) is 10.4 Å². The minimum absolute atomic E-state index is 0.0143. The largest absolute Gasteiger partial charge is 0.368 e. The van der Waals surface area contributed by atoms with E-state index in [1.165, 1.54) is 12.1 Å². The van der Waals surface area contributed by atoms with Crippen molar-refractivity contribution in [2.24, 2.45) is 5.73 Å². The fourth-order valence-corrected chi connectivity index (χ4v) is 2.67. The zero-order valence-electron chi connectivity index (χ0n) is 12.3. The van der Waals surface area contributed by atoms with Crippen LogP contribution in [0.5, 0.6) is 0 Å². The van der Waals surface area contributed by atoms with Crippen molar-refractivity contribution in [3.63, 3.8) is 0 Å². The average molecular weight is 410 g/mol. The zero-order valence-corrected chi connectivity index (χ0v) is 14.7. The number of benzene rings is 1. The second-order valence-corrected chi connectivity index (χ2v) is 6.96. The molecule has 9 nitrogen and oxygen atoms in total. The number of halogens is 1. The van der Waals surface area contributed by atoms with Crippen LogP contribution in [0, 0.1) is 10.1 Å². The van der Waals surface area contributed by atoms with Gasteiger partial charge in [0.15, 0.2) is 0 Å². The molecule has 0 radical (unpaired) electrons. The first kappa shape index (κ1) is 19.3. The number of non-ortho nitro benzene ring substituents is 1. The molecule has 0 saturated heterocycles. The average Bonchev–Trinajstić information content (AvgIpc) is 2.44. The number of nitrogens with two attached hydrogens (primary N) is 1. The molecule has 0 atom stereocenters. The van der Waals surface area contributed by atoms with Crippen LogP contribution in [0.4, 0.5) is 11.4 Å². The summed E-state index contributed by atoms with van der Waals surface area (Å²) in [7, 11) is -3.58. The molecule has 2 N–H and O–H groups in total. The Kier molecular flexibility index (Phi) is 6.91. The number of rotatable bonds is 9. The van der Waals surface area contributed by atoms with E-state index in [1.807, 2.05) is 0 Å². The van der Waals surface area contributed by atoms with Gasteiger partial charge in [-0.3, -0.25) is 19.1 Å². The Morgan fingerprint density at radius 3 is 2.57 bits per heavy atom. The summed E-state index contributed by atoms with van der Waals surface area (Å²) in [5, 5.41) is 11.3. The molecule has 11 heteroatoms. The highest BCUT2D eigenvalue weighted by Gasteiger charge is 2.19. The number of carbonyl (C=O) groups is 1. The van der Waals surface area contributed by atoms with Crippen molar-refractivity contribution >= 4 is 43.3 Å². The second kappa shape index (κ2) is 8.22. The smallest absolute Gasteiger partial charge is 0.270 e. The van der Waals surface area contributed by atoms with Crippen molar-refractivity contribution in [1.29, 1.82) is 0 Å². The second-order valence-electron chi connectivity index (χ2n) is 4.52. The van der Waals surface area contributed by atoms with E-state index in [-0.39, 0.29) is 24.4 Å². The minimum atomic E-state index is -3.58. The van der Waals surface area contributed by atoms with Crippen LogP contribution in [0.15, 0.2) is 18.2 Å². The quantitative estimate of drug-likeness (QED) is 0.276. The summed E-state index contributed by atoms with van der Waals surface area (Å²) < 4.78 is 26.7. The fourth-order valence-electron chi connectivity index (χ4n) is 1.86. The zero-order chi connectivity index (χ0) is 17.6. The van der Waals surface area contributed by atoms with Crippen LogP contribution < -0.4 is 10.6 Å². The molecule has 1 aromatic rings. The Bertz CT molecular complexity index is 694. The highest BCUT2D eigenvalue weighted by molar-refractivity contribution is 9.09. The summed E-state index contributed by atoms with van der Waals surface area (Å²) in [5.41, 5.74) is 5.39. The maximum absolute atomic E-state index is 11.6. The van der Waals surface area contributed by atoms with Crippen LogP contribution >= 0.6 is 15.9 Å². The Labute approximate surface area is 141 Å². The van der Waals surface area contributed by atoms with Crippen LogP contribution in [0.2, 0.25) is 0 Å². The third-order valence-electron chi connectivity index (χ3n) is 2.81. The van der Waals surface area contributed by atoms with Gasteiger partial charge in [0.2, 0.25) is 0 Å². The number of carbonyl (C=O) groups excluding carboxylic acids is 1. The number of nitro benzene ring substituents is 1. The molecular weight excluding hydrogens is 394 g/mol. The van der Waals surface area contributed by atoms with Crippen molar-refractivity contribution in [3.8, 4) is 0 Å². The van der Waals surface area contributed by atoms with Crippen molar-refractivity contribution in [2.75, 3.05) is 36.2 Å². The van der Waals surface area contributed by atoms with Crippen molar-refractivity contribution in [1.82, 2.24) is 0 Å². The van der Waals surface area contributed by atoms with E-state index in [9.17, 15) is 23.3 Å². The van der Waals surface area contributed by atoms with Gasteiger partial charge >= 0.3 is 0 Å². The standard InChI is InChI=1S/C12H16BrN3O6S/c1-23(20,21)22-7-6-15(5-4-13)11-3-2-9(16(18)19)8-10(11)12(14)17/h2-3,8H,4-7H2,1H3,(H2,14,17). The molecule has 0 aliphatic carbocycles. The maximum Gasteiger partial charge on any atom is 0.270 e. The Morgan fingerprint density at radius 2 is 2.09 bits per heavy atom. The summed E-state index contributed by atoms with van der Waals surface area (Å²) >= 11 is 3.25. The molecular formula is C12H16BrN3O6S. The summed E-state index contributed by atoms with van der Waals surface area (Å²) in [4.78, 5) is 23.4. The molecule has 1 aromatic carbocycles. The van der Waals surface area contributed by atoms with Gasteiger partial charge in [0.05, 0.1) is 29.0 Å². The predicted molar refractivity (Wildman–Crippen MR) is 88.4 cm³/mol. The first-order valence-corrected chi connectivity index (χ1v) is 9.33. The number of hydrogen-bond acceptors (Lipinski definition) is 7. The summed E-state index contributed by atoms with van der Waals surface area (Å²) in [6, 6.07) is 3.75. The van der Waals surface area contributed by atoms with Gasteiger partial charge in [0.25, 0.3) is 21.7 Å². The fraction of sp³-hybridized carbons (Fsp3) is 0.417. The Morgan fingerprint density at radius 1 is 1.43 bits per heavy atom. The van der Waals surface area contributed by atoms with E-state index in [4.69, 9.17) is 5.73 Å².